The Morgan fingerprint density at radius 3 is 2.44 bits per heavy atom. The lowest BCUT2D eigenvalue weighted by Crippen LogP contribution is -2.45. The number of rotatable bonds is 7. The molecule has 3 rings (SSSR count). The maximum absolute atomic E-state index is 13.2. The number of hydrogen-bond acceptors (Lipinski definition) is 5. The van der Waals surface area contributed by atoms with Gasteiger partial charge in [0.05, 0.1) is 7.11 Å². The molecule has 1 aromatic heterocycles. The van der Waals surface area contributed by atoms with Gasteiger partial charge in [-0.05, 0) is 61.9 Å². The van der Waals surface area contributed by atoms with Gasteiger partial charge in [0, 0.05) is 18.7 Å². The number of ether oxygens (including phenoxy) is 1. The van der Waals surface area contributed by atoms with E-state index in [1.165, 1.54) is 38.5 Å². The number of esters is 1. The van der Waals surface area contributed by atoms with Gasteiger partial charge in [-0.25, -0.2) is 4.79 Å². The highest BCUT2D eigenvalue weighted by Crippen LogP contribution is 2.25. The summed E-state index contributed by atoms with van der Waals surface area (Å²) < 4.78 is 6.57. The highest BCUT2D eigenvalue weighted by molar-refractivity contribution is 5.96. The fourth-order valence-electron chi connectivity index (χ4n) is 4.34. The van der Waals surface area contributed by atoms with E-state index < -0.39 is 17.9 Å². The van der Waals surface area contributed by atoms with E-state index in [0.29, 0.717) is 12.5 Å². The lowest BCUT2D eigenvalue weighted by atomic mass is 9.89. The molecule has 1 saturated carbocycles. The standard InChI is InChI=1S/C25H32N2O5/c1-16-13-21(24(30)27(17(16)2)15-19-7-5-4-6-8-19)23(29)26-22(25(31)32-3)14-18-9-11-20(28)12-10-18/h9-13,19,22,28H,4-8,14-15H2,1-3H3,(H,26,29). The molecule has 2 aromatic rings. The van der Waals surface area contributed by atoms with Crippen molar-refractivity contribution in [2.75, 3.05) is 7.11 Å². The number of carbonyl (C=O) groups is 2. The van der Waals surface area contributed by atoms with Gasteiger partial charge in [0.25, 0.3) is 11.5 Å². The van der Waals surface area contributed by atoms with Gasteiger partial charge in [-0.3, -0.25) is 9.59 Å². The Labute approximate surface area is 188 Å². The van der Waals surface area contributed by atoms with Crippen LogP contribution in [0.1, 0.15) is 59.3 Å². The smallest absolute Gasteiger partial charge is 0.328 e. The van der Waals surface area contributed by atoms with Crippen LogP contribution in [0.2, 0.25) is 0 Å². The average Bonchev–Trinajstić information content (AvgIpc) is 2.80. The molecule has 1 aliphatic carbocycles. The fourth-order valence-corrected chi connectivity index (χ4v) is 4.34. The molecule has 1 amide bonds. The molecule has 0 aliphatic heterocycles. The van der Waals surface area contributed by atoms with Crippen molar-refractivity contribution in [2.24, 2.45) is 5.92 Å². The molecule has 1 atom stereocenters. The topological polar surface area (TPSA) is 97.6 Å². The lowest BCUT2D eigenvalue weighted by molar-refractivity contribution is -0.142. The van der Waals surface area contributed by atoms with Crippen molar-refractivity contribution in [1.82, 2.24) is 9.88 Å². The van der Waals surface area contributed by atoms with E-state index in [4.69, 9.17) is 4.74 Å². The first-order valence-electron chi connectivity index (χ1n) is 11.2. The van der Waals surface area contributed by atoms with Crippen molar-refractivity contribution < 1.29 is 19.4 Å². The van der Waals surface area contributed by atoms with Gasteiger partial charge in [-0.15, -0.1) is 0 Å². The van der Waals surface area contributed by atoms with Crippen LogP contribution in [0.3, 0.4) is 0 Å². The first-order chi connectivity index (χ1) is 15.3. The molecule has 1 aromatic carbocycles. The number of pyridine rings is 1. The third-order valence-corrected chi connectivity index (χ3v) is 6.39. The second-order valence-corrected chi connectivity index (χ2v) is 8.67. The van der Waals surface area contributed by atoms with Crippen LogP contribution in [-0.2, 0) is 22.5 Å². The Bertz CT molecular complexity index is 1020. The number of aryl methyl sites for hydroxylation is 1. The summed E-state index contributed by atoms with van der Waals surface area (Å²) in [5, 5.41) is 12.1. The third-order valence-electron chi connectivity index (χ3n) is 6.39. The van der Waals surface area contributed by atoms with Crippen LogP contribution in [0.4, 0.5) is 0 Å². The number of phenolic OH excluding ortho intramolecular Hbond substituents is 1. The Morgan fingerprint density at radius 2 is 1.81 bits per heavy atom. The Balaban J connectivity index is 1.84. The highest BCUT2D eigenvalue weighted by Gasteiger charge is 2.26. The molecule has 0 saturated heterocycles. The number of phenols is 1. The summed E-state index contributed by atoms with van der Waals surface area (Å²) in [5.41, 5.74) is 2.17. The van der Waals surface area contributed by atoms with Crippen LogP contribution < -0.4 is 10.9 Å². The van der Waals surface area contributed by atoms with Crippen LogP contribution in [-0.4, -0.2) is 34.7 Å². The van der Waals surface area contributed by atoms with Gasteiger partial charge >= 0.3 is 5.97 Å². The maximum atomic E-state index is 13.2. The van der Waals surface area contributed by atoms with E-state index in [2.05, 4.69) is 5.32 Å². The molecule has 0 spiro atoms. The second-order valence-electron chi connectivity index (χ2n) is 8.67. The Kier molecular flexibility index (Phi) is 7.72. The minimum absolute atomic E-state index is 0.0310. The quantitative estimate of drug-likeness (QED) is 0.644. The molecule has 1 unspecified atom stereocenters. The first kappa shape index (κ1) is 23.6. The van der Waals surface area contributed by atoms with Crippen LogP contribution in [0.15, 0.2) is 35.1 Å². The number of amides is 1. The second kappa shape index (κ2) is 10.5. The highest BCUT2D eigenvalue weighted by atomic mass is 16.5. The maximum Gasteiger partial charge on any atom is 0.328 e. The summed E-state index contributed by atoms with van der Waals surface area (Å²) in [4.78, 5) is 38.6. The van der Waals surface area contributed by atoms with E-state index in [-0.39, 0.29) is 23.3 Å². The van der Waals surface area contributed by atoms with Crippen LogP contribution >= 0.6 is 0 Å². The zero-order chi connectivity index (χ0) is 23.3. The van der Waals surface area contributed by atoms with E-state index >= 15 is 0 Å². The van der Waals surface area contributed by atoms with Gasteiger partial charge in [-0.2, -0.15) is 0 Å². The molecule has 2 N–H and O–H groups in total. The van der Waals surface area contributed by atoms with Gasteiger partial charge < -0.3 is 19.7 Å². The largest absolute Gasteiger partial charge is 0.508 e. The summed E-state index contributed by atoms with van der Waals surface area (Å²) in [5.74, 6) is -0.640. The van der Waals surface area contributed by atoms with Crippen molar-refractivity contribution >= 4 is 11.9 Å². The van der Waals surface area contributed by atoms with Crippen LogP contribution in [0.5, 0.6) is 5.75 Å². The minimum Gasteiger partial charge on any atom is -0.508 e. The minimum atomic E-state index is -0.954. The lowest BCUT2D eigenvalue weighted by Gasteiger charge is -2.24. The van der Waals surface area contributed by atoms with Crippen molar-refractivity contribution in [3.63, 3.8) is 0 Å². The van der Waals surface area contributed by atoms with Crippen molar-refractivity contribution in [1.29, 1.82) is 0 Å². The molecule has 1 heterocycles. The molecular weight excluding hydrogens is 408 g/mol. The number of aromatic hydroxyl groups is 1. The van der Waals surface area contributed by atoms with E-state index in [1.807, 2.05) is 13.8 Å². The van der Waals surface area contributed by atoms with Crippen molar-refractivity contribution in [3.8, 4) is 5.75 Å². The van der Waals surface area contributed by atoms with Crippen LogP contribution in [0, 0.1) is 19.8 Å². The number of carbonyl (C=O) groups excluding carboxylic acids is 2. The Hall–Kier alpha value is -3.09. The van der Waals surface area contributed by atoms with Gasteiger partial charge in [-0.1, -0.05) is 31.4 Å². The predicted octanol–water partition coefficient (Wildman–Crippen LogP) is 3.27. The zero-order valence-electron chi connectivity index (χ0n) is 19.0. The SMILES string of the molecule is COC(=O)C(Cc1ccc(O)cc1)NC(=O)c1cc(C)c(C)n(CC2CCCCC2)c1=O. The predicted molar refractivity (Wildman–Crippen MR) is 122 cm³/mol. The monoisotopic (exact) mass is 440 g/mol. The third kappa shape index (κ3) is 5.58. The normalized spacial score (nSPS) is 15.2. The Morgan fingerprint density at radius 1 is 1.16 bits per heavy atom. The molecular formula is C25H32N2O5. The van der Waals surface area contributed by atoms with Gasteiger partial charge in [0.15, 0.2) is 0 Å². The molecule has 7 heteroatoms. The van der Waals surface area contributed by atoms with Gasteiger partial charge in [0.1, 0.15) is 17.4 Å². The summed E-state index contributed by atoms with van der Waals surface area (Å²) >= 11 is 0. The molecule has 1 fully saturated rings. The number of benzene rings is 1. The molecule has 0 radical (unpaired) electrons. The summed E-state index contributed by atoms with van der Waals surface area (Å²) in [6.07, 6.45) is 5.96. The molecule has 1 aliphatic rings. The van der Waals surface area contributed by atoms with E-state index in [9.17, 15) is 19.5 Å². The summed E-state index contributed by atoms with van der Waals surface area (Å²) in [7, 11) is 1.26. The number of nitrogens with zero attached hydrogens (tertiary/aromatic N) is 1. The number of hydrogen-bond donors (Lipinski definition) is 2. The average molecular weight is 441 g/mol. The van der Waals surface area contributed by atoms with Crippen LogP contribution in [0.25, 0.3) is 0 Å². The first-order valence-corrected chi connectivity index (χ1v) is 11.2. The van der Waals surface area contributed by atoms with Crippen molar-refractivity contribution in [3.05, 3.63) is 63.1 Å². The molecule has 172 valence electrons. The van der Waals surface area contributed by atoms with E-state index in [1.54, 1.807) is 22.8 Å². The van der Waals surface area contributed by atoms with Crippen molar-refractivity contribution in [2.45, 2.75) is 65.0 Å². The summed E-state index contributed by atoms with van der Waals surface area (Å²) in [6, 6.07) is 7.01. The number of methoxy groups -OCH3 is 1. The van der Waals surface area contributed by atoms with Gasteiger partial charge in [0.2, 0.25) is 0 Å². The number of nitrogens with one attached hydrogen (secondary N) is 1. The summed E-state index contributed by atoms with van der Waals surface area (Å²) in [6.45, 7) is 4.40. The number of aromatic nitrogens is 1. The van der Waals surface area contributed by atoms with E-state index in [0.717, 1.165) is 29.7 Å². The molecule has 0 bridgehead atoms. The zero-order valence-corrected chi connectivity index (χ0v) is 19.0. The fraction of sp³-hybridized carbons (Fsp3) is 0.480. The molecule has 7 nitrogen and oxygen atoms in total. The molecule has 32 heavy (non-hydrogen) atoms.